The summed E-state index contributed by atoms with van der Waals surface area (Å²) in [5.74, 6) is 0. The van der Waals surface area contributed by atoms with Crippen LogP contribution in [0, 0.1) is 0 Å². The first kappa shape index (κ1) is 30.5. The van der Waals surface area contributed by atoms with E-state index in [0.29, 0.717) is 0 Å². The highest BCUT2D eigenvalue weighted by Crippen LogP contribution is 2.45. The van der Waals surface area contributed by atoms with Crippen molar-refractivity contribution in [2.24, 2.45) is 0 Å². The van der Waals surface area contributed by atoms with E-state index in [-0.39, 0.29) is 0 Å². The molecule has 9 aromatic carbocycles. The van der Waals surface area contributed by atoms with Gasteiger partial charge in [0.2, 0.25) is 0 Å². The van der Waals surface area contributed by atoms with Gasteiger partial charge >= 0.3 is 0 Å². The lowest BCUT2D eigenvalue weighted by Gasteiger charge is -2.12. The molecule has 0 aliphatic heterocycles. The number of rotatable bonds is 4. The zero-order chi connectivity index (χ0) is 36.0. The van der Waals surface area contributed by atoms with Crippen LogP contribution >= 0.6 is 11.3 Å². The molecular weight excluding hydrogens is 685 g/mol. The van der Waals surface area contributed by atoms with Crippen molar-refractivity contribution < 1.29 is 0 Å². The molecule has 0 amide bonds. The molecule has 3 heterocycles. The number of thiophene rings is 1. The summed E-state index contributed by atoms with van der Waals surface area (Å²) in [6.07, 6.45) is 0. The molecule has 0 spiro atoms. The molecule has 3 aromatic heterocycles. The fraction of sp³-hybridized carbons (Fsp3) is 0. The molecule has 0 atom stereocenters. The van der Waals surface area contributed by atoms with Crippen LogP contribution in [0.4, 0.5) is 0 Å². The van der Waals surface area contributed by atoms with E-state index in [1.54, 1.807) is 0 Å². The summed E-state index contributed by atoms with van der Waals surface area (Å²) >= 11 is 1.87. The van der Waals surface area contributed by atoms with Crippen LogP contribution in [0.25, 0.3) is 108 Å². The summed E-state index contributed by atoms with van der Waals surface area (Å²) in [4.78, 5) is 0. The Kier molecular flexibility index (Phi) is 6.54. The maximum absolute atomic E-state index is 2.48. The van der Waals surface area contributed by atoms with Crippen LogP contribution in [0.15, 0.2) is 194 Å². The molecule has 0 fully saturated rings. The Morgan fingerprint density at radius 2 is 0.964 bits per heavy atom. The first-order valence-corrected chi connectivity index (χ1v) is 19.7. The van der Waals surface area contributed by atoms with E-state index in [1.165, 1.54) is 102 Å². The predicted octanol–water partition coefficient (Wildman–Crippen LogP) is 14.7. The van der Waals surface area contributed by atoms with Gasteiger partial charge in [-0.3, -0.25) is 0 Å². The first-order chi connectivity index (χ1) is 27.3. The third-order valence-electron chi connectivity index (χ3n) is 11.5. The molecule has 0 saturated heterocycles. The summed E-state index contributed by atoms with van der Waals surface area (Å²) in [5, 5.41) is 10.2. The van der Waals surface area contributed by atoms with Crippen molar-refractivity contribution in [3.8, 4) is 33.6 Å². The van der Waals surface area contributed by atoms with Crippen molar-refractivity contribution in [1.29, 1.82) is 0 Å². The van der Waals surface area contributed by atoms with Crippen molar-refractivity contribution >= 4 is 85.9 Å². The molecule has 3 heteroatoms. The van der Waals surface area contributed by atoms with Crippen LogP contribution in [-0.4, -0.2) is 9.13 Å². The zero-order valence-corrected chi connectivity index (χ0v) is 30.6. The molecule has 55 heavy (non-hydrogen) atoms. The lowest BCUT2D eigenvalue weighted by Crippen LogP contribution is -1.94. The highest BCUT2D eigenvalue weighted by Gasteiger charge is 2.21. The Labute approximate surface area is 321 Å². The summed E-state index contributed by atoms with van der Waals surface area (Å²) in [7, 11) is 0. The van der Waals surface area contributed by atoms with Crippen molar-refractivity contribution in [1.82, 2.24) is 9.13 Å². The second-order valence-corrected chi connectivity index (χ2v) is 15.6. The summed E-state index contributed by atoms with van der Waals surface area (Å²) in [6, 6.07) is 71.4. The second kappa shape index (κ2) is 11.8. The van der Waals surface area contributed by atoms with Gasteiger partial charge in [0.25, 0.3) is 0 Å². The van der Waals surface area contributed by atoms with Gasteiger partial charge in [-0.1, -0.05) is 127 Å². The van der Waals surface area contributed by atoms with Gasteiger partial charge in [-0.25, -0.2) is 0 Å². The van der Waals surface area contributed by atoms with Crippen molar-refractivity contribution in [3.63, 3.8) is 0 Å². The fourth-order valence-electron chi connectivity index (χ4n) is 9.11. The second-order valence-electron chi connectivity index (χ2n) is 14.5. The predicted molar refractivity (Wildman–Crippen MR) is 236 cm³/mol. The average molecular weight is 717 g/mol. The lowest BCUT2D eigenvalue weighted by molar-refractivity contribution is 1.19. The monoisotopic (exact) mass is 716 g/mol. The van der Waals surface area contributed by atoms with E-state index < -0.39 is 0 Å². The summed E-state index contributed by atoms with van der Waals surface area (Å²) in [6.45, 7) is 0. The summed E-state index contributed by atoms with van der Waals surface area (Å²) < 4.78 is 7.57. The maximum atomic E-state index is 2.48. The molecule has 0 radical (unpaired) electrons. The van der Waals surface area contributed by atoms with Gasteiger partial charge in [0, 0.05) is 52.8 Å². The quantitative estimate of drug-likeness (QED) is 0.172. The molecule has 0 N–H and O–H groups in total. The minimum Gasteiger partial charge on any atom is -0.309 e. The summed E-state index contributed by atoms with van der Waals surface area (Å²) in [5.41, 5.74) is 12.1. The number of nitrogens with zero attached hydrogens (tertiary/aromatic N) is 2. The van der Waals surface area contributed by atoms with Gasteiger partial charge < -0.3 is 9.13 Å². The Morgan fingerprint density at radius 1 is 0.345 bits per heavy atom. The highest BCUT2D eigenvalue weighted by molar-refractivity contribution is 7.25. The minimum absolute atomic E-state index is 1.16. The number of hydrogen-bond donors (Lipinski definition) is 0. The number of hydrogen-bond acceptors (Lipinski definition) is 1. The molecule has 12 aromatic rings. The normalized spacial score (nSPS) is 12.0. The third-order valence-corrected chi connectivity index (χ3v) is 12.6. The van der Waals surface area contributed by atoms with Crippen molar-refractivity contribution in [2.75, 3.05) is 0 Å². The average Bonchev–Trinajstić information content (AvgIpc) is 3.92. The molecular formula is C52H32N2S. The topological polar surface area (TPSA) is 9.86 Å². The maximum Gasteiger partial charge on any atom is 0.0625 e. The van der Waals surface area contributed by atoms with E-state index in [1.807, 2.05) is 11.3 Å². The molecule has 0 unspecified atom stereocenters. The fourth-order valence-corrected chi connectivity index (χ4v) is 10.2. The number of fused-ring (bicyclic) bond motifs is 11. The minimum atomic E-state index is 1.16. The Morgan fingerprint density at radius 3 is 1.78 bits per heavy atom. The standard InChI is InChI=1S/C52H32N2S/c1-3-14-33(15-4-1)41-32-36-16-7-8-19-38(36)52-50(41)43-31-35(27-29-46(43)53(52)37-17-5-2-6-18-37)34-26-28-45-42(30-34)39-20-9-11-22-44(39)54(45)47-23-13-25-49-51(47)40-21-10-12-24-48(40)55-49/h1-32H. The van der Waals surface area contributed by atoms with Crippen molar-refractivity contribution in [2.45, 2.75) is 0 Å². The van der Waals surface area contributed by atoms with E-state index in [4.69, 9.17) is 0 Å². The number of para-hydroxylation sites is 2. The molecule has 256 valence electrons. The lowest BCUT2D eigenvalue weighted by atomic mass is 9.94. The van der Waals surface area contributed by atoms with Crippen LogP contribution in [0.3, 0.4) is 0 Å². The van der Waals surface area contributed by atoms with Crippen LogP contribution in [0.1, 0.15) is 0 Å². The zero-order valence-electron chi connectivity index (χ0n) is 29.8. The molecule has 0 bridgehead atoms. The van der Waals surface area contributed by atoms with Crippen LogP contribution in [-0.2, 0) is 0 Å². The first-order valence-electron chi connectivity index (χ1n) is 18.9. The Balaban J connectivity index is 1.14. The van der Waals surface area contributed by atoms with Gasteiger partial charge in [-0.05, 0) is 94.4 Å². The molecule has 12 rings (SSSR count). The molecule has 0 saturated carbocycles. The smallest absolute Gasteiger partial charge is 0.0625 e. The van der Waals surface area contributed by atoms with Gasteiger partial charge in [0.05, 0.1) is 27.8 Å². The van der Waals surface area contributed by atoms with E-state index in [9.17, 15) is 0 Å². The van der Waals surface area contributed by atoms with Gasteiger partial charge in [0.15, 0.2) is 0 Å². The molecule has 2 nitrogen and oxygen atoms in total. The van der Waals surface area contributed by atoms with E-state index in [0.717, 1.165) is 5.69 Å². The van der Waals surface area contributed by atoms with Crippen LogP contribution in [0.5, 0.6) is 0 Å². The number of benzene rings is 9. The van der Waals surface area contributed by atoms with E-state index >= 15 is 0 Å². The largest absolute Gasteiger partial charge is 0.309 e. The third kappa shape index (κ3) is 4.48. The van der Waals surface area contributed by atoms with Gasteiger partial charge in [0.1, 0.15) is 0 Å². The van der Waals surface area contributed by atoms with Crippen LogP contribution in [0.2, 0.25) is 0 Å². The van der Waals surface area contributed by atoms with Gasteiger partial charge in [-0.15, -0.1) is 11.3 Å². The number of aromatic nitrogens is 2. The molecule has 0 aliphatic rings. The Bertz CT molecular complexity index is 3470. The Hall–Kier alpha value is -6.94. The highest BCUT2D eigenvalue weighted by atomic mass is 32.1. The van der Waals surface area contributed by atoms with E-state index in [2.05, 4.69) is 203 Å². The van der Waals surface area contributed by atoms with Gasteiger partial charge in [-0.2, -0.15) is 0 Å². The van der Waals surface area contributed by atoms with Crippen molar-refractivity contribution in [3.05, 3.63) is 194 Å². The van der Waals surface area contributed by atoms with Crippen LogP contribution < -0.4 is 0 Å². The molecule has 0 aliphatic carbocycles. The SMILES string of the molecule is c1ccc(-c2cc3ccccc3c3c2c2cc(-c4ccc5c(c4)c4ccccc4n5-c4cccc5sc6ccccc6c45)ccc2n3-c2ccccc2)cc1.